The zero-order valence-corrected chi connectivity index (χ0v) is 8.20. The minimum absolute atomic E-state index is 0.184. The van der Waals surface area contributed by atoms with E-state index in [1.165, 1.54) is 6.07 Å². The van der Waals surface area contributed by atoms with E-state index in [1.807, 2.05) is 18.0 Å². The quantitative estimate of drug-likeness (QED) is 0.731. The first-order chi connectivity index (χ1) is 6.74. The lowest BCUT2D eigenvalue weighted by Crippen LogP contribution is -2.19. The number of benzene rings is 1. The molecule has 0 spiro atoms. The summed E-state index contributed by atoms with van der Waals surface area (Å²) >= 11 is 0. The molecular weight excluding hydrogens is 179 g/mol. The third-order valence-electron chi connectivity index (χ3n) is 2.00. The maximum atomic E-state index is 13.2. The van der Waals surface area contributed by atoms with Gasteiger partial charge < -0.3 is 4.90 Å². The first-order valence-electron chi connectivity index (χ1n) is 4.53. The van der Waals surface area contributed by atoms with Crippen LogP contribution >= 0.6 is 0 Å². The molecule has 0 aromatic heterocycles. The molecule has 0 N–H and O–H groups in total. The van der Waals surface area contributed by atoms with Crippen molar-refractivity contribution in [1.82, 2.24) is 4.90 Å². The number of nitriles is 1. The molecule has 0 saturated heterocycles. The zero-order valence-electron chi connectivity index (χ0n) is 8.20. The van der Waals surface area contributed by atoms with Gasteiger partial charge in [-0.3, -0.25) is 0 Å². The van der Waals surface area contributed by atoms with Crippen molar-refractivity contribution in [2.45, 2.75) is 13.0 Å². The smallest absolute Gasteiger partial charge is 0.127 e. The highest BCUT2D eigenvalue weighted by atomic mass is 19.1. The average Bonchev–Trinajstić information content (AvgIpc) is 2.18. The van der Waals surface area contributed by atoms with E-state index >= 15 is 0 Å². The molecule has 0 fully saturated rings. The predicted octanol–water partition coefficient (Wildman–Crippen LogP) is 2.17. The van der Waals surface area contributed by atoms with Crippen molar-refractivity contribution in [2.75, 3.05) is 13.6 Å². The Hall–Kier alpha value is -1.40. The molecule has 2 nitrogen and oxygen atoms in total. The van der Waals surface area contributed by atoms with Crippen molar-refractivity contribution >= 4 is 0 Å². The van der Waals surface area contributed by atoms with Crippen molar-refractivity contribution in [3.8, 4) is 6.07 Å². The van der Waals surface area contributed by atoms with Crippen LogP contribution in [0.1, 0.15) is 12.0 Å². The lowest BCUT2D eigenvalue weighted by atomic mass is 10.2. The summed E-state index contributed by atoms with van der Waals surface area (Å²) in [6.07, 6.45) is 0.477. The van der Waals surface area contributed by atoms with Gasteiger partial charge in [-0.2, -0.15) is 5.26 Å². The minimum atomic E-state index is -0.184. The van der Waals surface area contributed by atoms with Crippen molar-refractivity contribution in [2.24, 2.45) is 0 Å². The normalized spacial score (nSPS) is 10.1. The molecule has 74 valence electrons. The first kappa shape index (κ1) is 10.7. The van der Waals surface area contributed by atoms with Gasteiger partial charge in [-0.1, -0.05) is 18.2 Å². The molecule has 0 aliphatic carbocycles. The summed E-state index contributed by atoms with van der Waals surface area (Å²) in [5.74, 6) is -0.184. The summed E-state index contributed by atoms with van der Waals surface area (Å²) in [6.45, 7) is 1.22. The van der Waals surface area contributed by atoms with E-state index in [4.69, 9.17) is 5.26 Å². The van der Waals surface area contributed by atoms with Crippen LogP contribution in [-0.2, 0) is 6.54 Å². The van der Waals surface area contributed by atoms with Gasteiger partial charge in [0.2, 0.25) is 0 Å². The lowest BCUT2D eigenvalue weighted by molar-refractivity contribution is 0.329. The van der Waals surface area contributed by atoms with Gasteiger partial charge in [-0.05, 0) is 13.1 Å². The molecule has 0 unspecified atom stereocenters. The maximum Gasteiger partial charge on any atom is 0.127 e. The highest BCUT2D eigenvalue weighted by Gasteiger charge is 2.03. The fourth-order valence-corrected chi connectivity index (χ4v) is 1.24. The van der Waals surface area contributed by atoms with E-state index < -0.39 is 0 Å². The molecule has 0 heterocycles. The fraction of sp³-hybridized carbons (Fsp3) is 0.364. The molecule has 0 radical (unpaired) electrons. The summed E-state index contributed by atoms with van der Waals surface area (Å²) in [4.78, 5) is 1.93. The SMILES string of the molecule is CN(CCC#N)Cc1ccccc1F. The first-order valence-corrected chi connectivity index (χ1v) is 4.53. The Morgan fingerprint density at radius 1 is 1.43 bits per heavy atom. The van der Waals surface area contributed by atoms with Crippen LogP contribution in [0.15, 0.2) is 24.3 Å². The standard InChI is InChI=1S/C11H13FN2/c1-14(8-4-7-13)9-10-5-2-3-6-11(10)12/h2-3,5-6H,4,8-9H2,1H3. The van der Waals surface area contributed by atoms with E-state index in [2.05, 4.69) is 6.07 Å². The molecule has 0 saturated carbocycles. The van der Waals surface area contributed by atoms with Crippen molar-refractivity contribution < 1.29 is 4.39 Å². The van der Waals surface area contributed by atoms with Crippen LogP contribution < -0.4 is 0 Å². The lowest BCUT2D eigenvalue weighted by Gasteiger charge is -2.14. The Kier molecular flexibility index (Phi) is 4.09. The Balaban J connectivity index is 2.52. The van der Waals surface area contributed by atoms with Crippen molar-refractivity contribution in [3.63, 3.8) is 0 Å². The molecule has 1 aromatic carbocycles. The van der Waals surface area contributed by atoms with E-state index in [-0.39, 0.29) is 5.82 Å². The topological polar surface area (TPSA) is 27.0 Å². The third-order valence-corrected chi connectivity index (χ3v) is 2.00. The molecule has 1 aromatic rings. The fourth-order valence-electron chi connectivity index (χ4n) is 1.24. The molecule has 0 aliphatic heterocycles. The highest BCUT2D eigenvalue weighted by molar-refractivity contribution is 5.16. The van der Waals surface area contributed by atoms with Gasteiger partial charge in [0.05, 0.1) is 6.07 Å². The van der Waals surface area contributed by atoms with Crippen LogP contribution in [0.25, 0.3) is 0 Å². The summed E-state index contributed by atoms with van der Waals surface area (Å²) in [5.41, 5.74) is 0.674. The monoisotopic (exact) mass is 192 g/mol. The van der Waals surface area contributed by atoms with Gasteiger partial charge in [0.1, 0.15) is 5.82 Å². The zero-order chi connectivity index (χ0) is 10.4. The van der Waals surface area contributed by atoms with Crippen LogP contribution in [0.2, 0.25) is 0 Å². The van der Waals surface area contributed by atoms with Crippen LogP contribution in [0.5, 0.6) is 0 Å². The Bertz CT molecular complexity index is 330. The molecule has 0 bridgehead atoms. The van der Waals surface area contributed by atoms with Gasteiger partial charge in [-0.25, -0.2) is 4.39 Å². The predicted molar refractivity (Wildman–Crippen MR) is 53.0 cm³/mol. The van der Waals surface area contributed by atoms with Gasteiger partial charge in [0, 0.05) is 25.1 Å². The van der Waals surface area contributed by atoms with Crippen molar-refractivity contribution in [1.29, 1.82) is 5.26 Å². The Morgan fingerprint density at radius 2 is 2.14 bits per heavy atom. The summed E-state index contributed by atoms with van der Waals surface area (Å²) in [6, 6.07) is 8.77. The van der Waals surface area contributed by atoms with E-state index in [1.54, 1.807) is 12.1 Å². The Morgan fingerprint density at radius 3 is 2.79 bits per heavy atom. The van der Waals surface area contributed by atoms with Crippen LogP contribution in [0, 0.1) is 17.1 Å². The summed E-state index contributed by atoms with van der Waals surface area (Å²) < 4.78 is 13.2. The van der Waals surface area contributed by atoms with Gasteiger partial charge in [0.15, 0.2) is 0 Å². The highest BCUT2D eigenvalue weighted by Crippen LogP contribution is 2.08. The molecule has 3 heteroatoms. The second-order valence-corrected chi connectivity index (χ2v) is 3.24. The summed E-state index contributed by atoms with van der Waals surface area (Å²) in [7, 11) is 1.88. The second kappa shape index (κ2) is 5.36. The largest absolute Gasteiger partial charge is 0.301 e. The maximum absolute atomic E-state index is 13.2. The number of rotatable bonds is 4. The van der Waals surface area contributed by atoms with Gasteiger partial charge >= 0.3 is 0 Å². The number of halogens is 1. The molecule has 0 atom stereocenters. The molecule has 1 rings (SSSR count). The number of hydrogen-bond acceptors (Lipinski definition) is 2. The molecule has 14 heavy (non-hydrogen) atoms. The van der Waals surface area contributed by atoms with E-state index in [0.29, 0.717) is 25.1 Å². The van der Waals surface area contributed by atoms with Crippen LogP contribution in [0.4, 0.5) is 4.39 Å². The molecule has 0 aliphatic rings. The number of nitrogens with zero attached hydrogens (tertiary/aromatic N) is 2. The van der Waals surface area contributed by atoms with E-state index in [9.17, 15) is 4.39 Å². The van der Waals surface area contributed by atoms with Gasteiger partial charge in [-0.15, -0.1) is 0 Å². The average molecular weight is 192 g/mol. The Labute approximate surface area is 83.6 Å². The van der Waals surface area contributed by atoms with Crippen LogP contribution in [0.3, 0.4) is 0 Å². The second-order valence-electron chi connectivity index (χ2n) is 3.24. The number of hydrogen-bond donors (Lipinski definition) is 0. The van der Waals surface area contributed by atoms with Crippen molar-refractivity contribution in [3.05, 3.63) is 35.6 Å². The van der Waals surface area contributed by atoms with Gasteiger partial charge in [0.25, 0.3) is 0 Å². The molecular formula is C11H13FN2. The third kappa shape index (κ3) is 3.15. The minimum Gasteiger partial charge on any atom is -0.301 e. The summed E-state index contributed by atoms with van der Waals surface area (Å²) in [5, 5.41) is 8.39. The van der Waals surface area contributed by atoms with E-state index in [0.717, 1.165) is 0 Å². The molecule has 0 amide bonds. The van der Waals surface area contributed by atoms with Crippen LogP contribution in [-0.4, -0.2) is 18.5 Å².